The molecule has 23 heavy (non-hydrogen) atoms. The van der Waals surface area contributed by atoms with Crippen LogP contribution in [0.4, 0.5) is 4.39 Å². The van der Waals surface area contributed by atoms with Crippen LogP contribution in [0.15, 0.2) is 48.5 Å². The van der Waals surface area contributed by atoms with Crippen LogP contribution < -0.4 is 0 Å². The predicted molar refractivity (Wildman–Crippen MR) is 85.6 cm³/mol. The minimum atomic E-state index is -0.675. The molecule has 0 N–H and O–H groups in total. The highest BCUT2D eigenvalue weighted by Gasteiger charge is 2.28. The number of carbonyl (C=O) groups excluding carboxylic acids is 1. The number of methoxy groups -OCH3 is 1. The molecule has 3 nitrogen and oxygen atoms in total. The van der Waals surface area contributed by atoms with Crippen LogP contribution in [0.5, 0.6) is 0 Å². The normalized spacial score (nSPS) is 13.0. The first-order valence-corrected chi connectivity index (χ1v) is 7.40. The molecule has 5 heteroatoms. The van der Waals surface area contributed by atoms with Crippen molar-refractivity contribution in [3.05, 3.63) is 70.5 Å². The predicted octanol–water partition coefficient (Wildman–Crippen LogP) is 4.43. The first-order chi connectivity index (χ1) is 11.0. The summed E-state index contributed by atoms with van der Waals surface area (Å²) in [6.07, 6.45) is 0.0207. The highest BCUT2D eigenvalue weighted by Crippen LogP contribution is 2.36. The van der Waals surface area contributed by atoms with Crippen LogP contribution >= 0.6 is 11.6 Å². The number of ether oxygens (including phenoxy) is 1. The van der Waals surface area contributed by atoms with Gasteiger partial charge in [-0.1, -0.05) is 35.9 Å². The standard InChI is InChI=1S/C18H15ClFNO2/c1-23-18(22)10-16(12-5-7-14(19)8-6-12)17(11-21)13-3-2-4-15(20)9-13/h2-9,16-17H,10H2,1H3/t16-,17-/m0/s1. The maximum absolute atomic E-state index is 13.5. The lowest BCUT2D eigenvalue weighted by atomic mass is 9.80. The summed E-state index contributed by atoms with van der Waals surface area (Å²) < 4.78 is 18.2. The van der Waals surface area contributed by atoms with E-state index in [1.54, 1.807) is 36.4 Å². The first kappa shape index (κ1) is 17.0. The summed E-state index contributed by atoms with van der Waals surface area (Å²) in [6, 6.07) is 15.0. The average molecular weight is 332 g/mol. The van der Waals surface area contributed by atoms with Crippen molar-refractivity contribution in [1.82, 2.24) is 0 Å². The van der Waals surface area contributed by atoms with Crippen molar-refractivity contribution in [1.29, 1.82) is 5.26 Å². The molecule has 0 amide bonds. The largest absolute Gasteiger partial charge is 0.469 e. The Morgan fingerprint density at radius 2 is 1.96 bits per heavy atom. The molecule has 0 aliphatic carbocycles. The van der Waals surface area contributed by atoms with Crippen molar-refractivity contribution in [2.75, 3.05) is 7.11 Å². The zero-order chi connectivity index (χ0) is 16.8. The number of benzene rings is 2. The summed E-state index contributed by atoms with van der Waals surface area (Å²) in [6.45, 7) is 0. The van der Waals surface area contributed by atoms with Crippen molar-refractivity contribution < 1.29 is 13.9 Å². The Bertz CT molecular complexity index is 725. The van der Waals surface area contributed by atoms with Crippen molar-refractivity contribution in [2.45, 2.75) is 18.3 Å². The van der Waals surface area contributed by atoms with E-state index < -0.39 is 23.6 Å². The molecule has 0 aliphatic heterocycles. The van der Waals surface area contributed by atoms with Gasteiger partial charge >= 0.3 is 5.97 Å². The molecule has 0 aromatic heterocycles. The zero-order valence-corrected chi connectivity index (χ0v) is 13.3. The first-order valence-electron chi connectivity index (χ1n) is 7.02. The van der Waals surface area contributed by atoms with Gasteiger partial charge in [0, 0.05) is 10.9 Å². The molecule has 2 aromatic rings. The number of rotatable bonds is 5. The number of halogens is 2. The van der Waals surface area contributed by atoms with Gasteiger partial charge in [-0.2, -0.15) is 5.26 Å². The van der Waals surface area contributed by atoms with Gasteiger partial charge in [-0.15, -0.1) is 0 Å². The van der Waals surface area contributed by atoms with E-state index in [9.17, 15) is 14.4 Å². The lowest BCUT2D eigenvalue weighted by Crippen LogP contribution is -2.16. The van der Waals surface area contributed by atoms with Crippen LogP contribution in [0.25, 0.3) is 0 Å². The van der Waals surface area contributed by atoms with Crippen molar-refractivity contribution in [2.24, 2.45) is 0 Å². The Kier molecular flexibility index (Phi) is 5.72. The van der Waals surface area contributed by atoms with E-state index in [1.165, 1.54) is 19.2 Å². The van der Waals surface area contributed by atoms with Gasteiger partial charge in [0.2, 0.25) is 0 Å². The molecule has 2 rings (SSSR count). The lowest BCUT2D eigenvalue weighted by Gasteiger charge is -2.22. The van der Waals surface area contributed by atoms with Gasteiger partial charge in [-0.3, -0.25) is 4.79 Å². The summed E-state index contributed by atoms with van der Waals surface area (Å²) in [5.41, 5.74) is 1.30. The van der Waals surface area contributed by atoms with Crippen LogP contribution in [-0.2, 0) is 9.53 Å². The molecule has 0 bridgehead atoms. The minimum absolute atomic E-state index is 0.0207. The summed E-state index contributed by atoms with van der Waals surface area (Å²) in [5.74, 6) is -1.98. The molecule has 0 spiro atoms. The third-order valence-corrected chi connectivity index (χ3v) is 3.91. The zero-order valence-electron chi connectivity index (χ0n) is 12.5. The molecule has 0 fully saturated rings. The van der Waals surface area contributed by atoms with Gasteiger partial charge in [0.05, 0.1) is 25.5 Å². The Morgan fingerprint density at radius 3 is 2.52 bits per heavy atom. The smallest absolute Gasteiger partial charge is 0.306 e. The summed E-state index contributed by atoms with van der Waals surface area (Å²) >= 11 is 5.89. The Hall–Kier alpha value is -2.38. The molecule has 118 valence electrons. The highest BCUT2D eigenvalue weighted by molar-refractivity contribution is 6.30. The second-order valence-electron chi connectivity index (χ2n) is 5.10. The van der Waals surface area contributed by atoms with Crippen molar-refractivity contribution in [3.8, 4) is 6.07 Å². The SMILES string of the molecule is COC(=O)C[C@@H](c1ccc(Cl)cc1)[C@@H](C#N)c1cccc(F)c1. The second-order valence-corrected chi connectivity index (χ2v) is 5.54. The summed E-state index contributed by atoms with van der Waals surface area (Å²) in [5, 5.41) is 10.2. The molecule has 0 saturated heterocycles. The lowest BCUT2D eigenvalue weighted by molar-refractivity contribution is -0.141. The molecule has 0 radical (unpaired) electrons. The number of nitrogens with zero attached hydrogens (tertiary/aromatic N) is 1. The van der Waals surface area contributed by atoms with E-state index in [4.69, 9.17) is 16.3 Å². The van der Waals surface area contributed by atoms with Crippen LogP contribution in [-0.4, -0.2) is 13.1 Å². The third-order valence-electron chi connectivity index (χ3n) is 3.66. The Morgan fingerprint density at radius 1 is 1.26 bits per heavy atom. The molecular formula is C18H15ClFNO2. The molecule has 0 unspecified atom stereocenters. The van der Waals surface area contributed by atoms with E-state index in [1.807, 2.05) is 0 Å². The molecular weight excluding hydrogens is 317 g/mol. The number of hydrogen-bond donors (Lipinski definition) is 0. The minimum Gasteiger partial charge on any atom is -0.469 e. The molecule has 0 heterocycles. The number of nitriles is 1. The van der Waals surface area contributed by atoms with Gasteiger partial charge in [0.25, 0.3) is 0 Å². The topological polar surface area (TPSA) is 50.1 Å². The van der Waals surface area contributed by atoms with Gasteiger partial charge in [-0.25, -0.2) is 4.39 Å². The number of carbonyl (C=O) groups is 1. The quantitative estimate of drug-likeness (QED) is 0.761. The maximum atomic E-state index is 13.5. The highest BCUT2D eigenvalue weighted by atomic mass is 35.5. The van der Waals surface area contributed by atoms with E-state index in [-0.39, 0.29) is 6.42 Å². The van der Waals surface area contributed by atoms with Crippen molar-refractivity contribution in [3.63, 3.8) is 0 Å². The fraction of sp³-hybridized carbons (Fsp3) is 0.222. The van der Waals surface area contributed by atoms with Crippen molar-refractivity contribution >= 4 is 17.6 Å². The van der Waals surface area contributed by atoms with Crippen LogP contribution in [0.2, 0.25) is 5.02 Å². The van der Waals surface area contributed by atoms with Gasteiger partial charge in [-0.05, 0) is 35.4 Å². The van der Waals surface area contributed by atoms with Gasteiger partial charge in [0.15, 0.2) is 0 Å². The van der Waals surface area contributed by atoms with Crippen LogP contribution in [0.1, 0.15) is 29.4 Å². The second kappa shape index (κ2) is 7.75. The van der Waals surface area contributed by atoms with Gasteiger partial charge in [0.1, 0.15) is 5.82 Å². The summed E-state index contributed by atoms with van der Waals surface area (Å²) in [7, 11) is 1.30. The Balaban J connectivity index is 2.44. The Labute approximate surface area is 139 Å². The molecule has 2 atom stereocenters. The van der Waals surface area contributed by atoms with E-state index in [2.05, 4.69) is 6.07 Å². The fourth-order valence-corrected chi connectivity index (χ4v) is 2.62. The molecule has 0 saturated carbocycles. The number of hydrogen-bond acceptors (Lipinski definition) is 3. The third kappa shape index (κ3) is 4.30. The molecule has 2 aromatic carbocycles. The molecule has 0 aliphatic rings. The van der Waals surface area contributed by atoms with Crippen LogP contribution in [0, 0.1) is 17.1 Å². The fourth-order valence-electron chi connectivity index (χ4n) is 2.50. The average Bonchev–Trinajstić information content (AvgIpc) is 2.55. The summed E-state index contributed by atoms with van der Waals surface area (Å²) in [4.78, 5) is 11.7. The monoisotopic (exact) mass is 331 g/mol. The van der Waals surface area contributed by atoms with E-state index in [0.717, 1.165) is 5.56 Å². The van der Waals surface area contributed by atoms with Crippen LogP contribution in [0.3, 0.4) is 0 Å². The number of esters is 1. The van der Waals surface area contributed by atoms with Gasteiger partial charge < -0.3 is 4.74 Å². The maximum Gasteiger partial charge on any atom is 0.306 e. The van der Waals surface area contributed by atoms with E-state index in [0.29, 0.717) is 10.6 Å². The van der Waals surface area contributed by atoms with E-state index >= 15 is 0 Å².